The fourth-order valence-corrected chi connectivity index (χ4v) is 4.54. The second-order valence-corrected chi connectivity index (χ2v) is 8.41. The second-order valence-electron chi connectivity index (χ2n) is 8.41. The molecule has 0 N–H and O–H groups in total. The van der Waals surface area contributed by atoms with Gasteiger partial charge in [0.25, 0.3) is 0 Å². The third-order valence-electron chi connectivity index (χ3n) is 6.25. The smallest absolute Gasteiger partial charge is 0.143 e. The number of piperazine rings is 1. The summed E-state index contributed by atoms with van der Waals surface area (Å²) in [5.41, 5.74) is 2.55. The van der Waals surface area contributed by atoms with Gasteiger partial charge >= 0.3 is 0 Å². The molecule has 1 aliphatic heterocycles. The number of benzene rings is 2. The Labute approximate surface area is 186 Å². The van der Waals surface area contributed by atoms with Crippen molar-refractivity contribution in [2.75, 3.05) is 53.0 Å². The molecule has 2 heterocycles. The predicted molar refractivity (Wildman–Crippen MR) is 127 cm³/mol. The average Bonchev–Trinajstić information content (AvgIpc) is 3.14. The topological polar surface area (TPSA) is 29.9 Å². The van der Waals surface area contributed by atoms with Gasteiger partial charge < -0.3 is 23.8 Å². The number of nitrogens with zero attached hydrogens (tertiary/aromatic N) is 3. The fraction of sp³-hybridized carbons (Fsp3) is 0.462. The first-order valence-electron chi connectivity index (χ1n) is 11.5. The molecule has 1 fully saturated rings. The second kappa shape index (κ2) is 10.7. The number of ether oxygens (including phenoxy) is 2. The minimum Gasteiger partial charge on any atom is -0.495 e. The minimum atomic E-state index is 0.790. The summed E-state index contributed by atoms with van der Waals surface area (Å²) in [6.45, 7) is 10.9. The summed E-state index contributed by atoms with van der Waals surface area (Å²) in [4.78, 5) is 5.17. The highest BCUT2D eigenvalue weighted by atomic mass is 16.5. The first-order valence-corrected chi connectivity index (χ1v) is 11.5. The Hall–Kier alpha value is -2.50. The molecule has 31 heavy (non-hydrogen) atoms. The number of rotatable bonds is 10. The number of hydrogen-bond donors (Lipinski definition) is 0. The van der Waals surface area contributed by atoms with E-state index < -0.39 is 0 Å². The lowest BCUT2D eigenvalue weighted by molar-refractivity contribution is 0.124. The van der Waals surface area contributed by atoms with E-state index in [1.54, 1.807) is 7.11 Å². The fourth-order valence-electron chi connectivity index (χ4n) is 4.54. The zero-order chi connectivity index (χ0) is 21.5. The van der Waals surface area contributed by atoms with Crippen LogP contribution < -0.4 is 9.47 Å². The van der Waals surface area contributed by atoms with Gasteiger partial charge in [-0.1, -0.05) is 30.3 Å². The van der Waals surface area contributed by atoms with Crippen molar-refractivity contribution in [2.24, 2.45) is 0 Å². The molecular weight excluding hydrogens is 386 g/mol. The van der Waals surface area contributed by atoms with Gasteiger partial charge in [-0.25, -0.2) is 0 Å². The zero-order valence-electron chi connectivity index (χ0n) is 18.9. The molecule has 1 aliphatic rings. The van der Waals surface area contributed by atoms with Gasteiger partial charge in [-0.15, -0.1) is 0 Å². The standard InChI is InChI=1S/C26H35N3O2/c1-22-21-29(26-24(22)11-6-12-25(26)30-2)15-7-13-27-16-18-28(19-17-27)14-8-20-31-23-9-4-3-5-10-23/h3-6,9-12,21H,7-8,13-20H2,1-2H3. The molecule has 2 aromatic carbocycles. The lowest BCUT2D eigenvalue weighted by atomic mass is 10.2. The SMILES string of the molecule is COc1cccc2c(C)cn(CCCN3CCN(CCCOc4ccccc4)CC3)c12. The van der Waals surface area contributed by atoms with E-state index in [9.17, 15) is 0 Å². The van der Waals surface area contributed by atoms with Crippen LogP contribution in [-0.4, -0.2) is 67.4 Å². The zero-order valence-corrected chi connectivity index (χ0v) is 18.9. The van der Waals surface area contributed by atoms with E-state index in [-0.39, 0.29) is 0 Å². The molecule has 0 amide bonds. The Bertz CT molecular complexity index is 946. The summed E-state index contributed by atoms with van der Waals surface area (Å²) in [6, 6.07) is 16.4. The molecule has 1 saturated heterocycles. The van der Waals surface area contributed by atoms with Gasteiger partial charge in [-0.3, -0.25) is 0 Å². The Kier molecular flexibility index (Phi) is 7.49. The highest BCUT2D eigenvalue weighted by Crippen LogP contribution is 2.29. The summed E-state index contributed by atoms with van der Waals surface area (Å²) in [7, 11) is 1.76. The third-order valence-corrected chi connectivity index (χ3v) is 6.25. The van der Waals surface area contributed by atoms with Crippen LogP contribution in [0.15, 0.2) is 54.7 Å². The van der Waals surface area contributed by atoms with Crippen molar-refractivity contribution in [2.45, 2.75) is 26.3 Å². The number of fused-ring (bicyclic) bond motifs is 1. The number of methoxy groups -OCH3 is 1. The van der Waals surface area contributed by atoms with E-state index in [0.717, 1.165) is 76.8 Å². The van der Waals surface area contributed by atoms with Crippen molar-refractivity contribution in [3.63, 3.8) is 0 Å². The van der Waals surface area contributed by atoms with Crippen LogP contribution in [0.4, 0.5) is 0 Å². The quantitative estimate of drug-likeness (QED) is 0.453. The molecule has 3 aromatic rings. The van der Waals surface area contributed by atoms with Gasteiger partial charge in [0.15, 0.2) is 0 Å². The van der Waals surface area contributed by atoms with Crippen LogP contribution in [0.3, 0.4) is 0 Å². The Morgan fingerprint density at radius 2 is 1.52 bits per heavy atom. The van der Waals surface area contributed by atoms with Crippen molar-refractivity contribution in [3.8, 4) is 11.5 Å². The molecule has 0 radical (unpaired) electrons. The average molecular weight is 422 g/mol. The van der Waals surface area contributed by atoms with Gasteiger partial charge in [-0.05, 0) is 50.1 Å². The summed E-state index contributed by atoms with van der Waals surface area (Å²) in [5, 5.41) is 1.30. The van der Waals surface area contributed by atoms with Crippen molar-refractivity contribution >= 4 is 10.9 Å². The maximum Gasteiger partial charge on any atom is 0.143 e. The van der Waals surface area contributed by atoms with Crippen LogP contribution in [0.2, 0.25) is 0 Å². The molecule has 1 aromatic heterocycles. The van der Waals surface area contributed by atoms with E-state index in [4.69, 9.17) is 9.47 Å². The highest BCUT2D eigenvalue weighted by Gasteiger charge is 2.16. The maximum absolute atomic E-state index is 5.81. The molecule has 5 nitrogen and oxygen atoms in total. The summed E-state index contributed by atoms with van der Waals surface area (Å²) < 4.78 is 13.8. The van der Waals surface area contributed by atoms with Crippen LogP contribution in [0, 0.1) is 6.92 Å². The van der Waals surface area contributed by atoms with Crippen molar-refractivity contribution in [1.82, 2.24) is 14.4 Å². The van der Waals surface area contributed by atoms with Crippen LogP contribution in [-0.2, 0) is 6.54 Å². The molecule has 0 bridgehead atoms. The van der Waals surface area contributed by atoms with E-state index in [1.807, 2.05) is 30.3 Å². The van der Waals surface area contributed by atoms with Crippen LogP contribution in [0.5, 0.6) is 11.5 Å². The molecule has 0 atom stereocenters. The third kappa shape index (κ3) is 5.60. The number of aryl methyl sites for hydroxylation is 2. The Morgan fingerprint density at radius 1 is 0.806 bits per heavy atom. The maximum atomic E-state index is 5.81. The predicted octanol–water partition coefficient (Wildman–Crippen LogP) is 4.44. The highest BCUT2D eigenvalue weighted by molar-refractivity contribution is 5.88. The number of aromatic nitrogens is 1. The lowest BCUT2D eigenvalue weighted by Gasteiger charge is -2.34. The molecule has 0 aliphatic carbocycles. The number of para-hydroxylation sites is 2. The van der Waals surface area contributed by atoms with E-state index >= 15 is 0 Å². The van der Waals surface area contributed by atoms with E-state index in [0.29, 0.717) is 0 Å². The van der Waals surface area contributed by atoms with Crippen molar-refractivity contribution < 1.29 is 9.47 Å². The molecular formula is C26H35N3O2. The van der Waals surface area contributed by atoms with Gasteiger partial charge in [0, 0.05) is 50.9 Å². The normalized spacial score (nSPS) is 15.4. The molecule has 4 rings (SSSR count). The Balaban J connectivity index is 1.16. The van der Waals surface area contributed by atoms with Gasteiger partial charge in [0.2, 0.25) is 0 Å². The van der Waals surface area contributed by atoms with Crippen LogP contribution in [0.1, 0.15) is 18.4 Å². The first kappa shape index (κ1) is 21.7. The first-order chi connectivity index (χ1) is 15.2. The molecule has 0 unspecified atom stereocenters. The van der Waals surface area contributed by atoms with Crippen LogP contribution in [0.25, 0.3) is 10.9 Å². The summed E-state index contributed by atoms with van der Waals surface area (Å²) in [5.74, 6) is 1.94. The van der Waals surface area contributed by atoms with Gasteiger partial charge in [-0.2, -0.15) is 0 Å². The largest absolute Gasteiger partial charge is 0.495 e. The summed E-state index contributed by atoms with van der Waals surface area (Å²) >= 11 is 0. The number of hydrogen-bond acceptors (Lipinski definition) is 4. The van der Waals surface area contributed by atoms with E-state index in [1.165, 1.54) is 16.5 Å². The van der Waals surface area contributed by atoms with Crippen molar-refractivity contribution in [3.05, 3.63) is 60.3 Å². The minimum absolute atomic E-state index is 0.790. The molecule has 5 heteroatoms. The monoisotopic (exact) mass is 421 g/mol. The van der Waals surface area contributed by atoms with E-state index in [2.05, 4.69) is 45.7 Å². The Morgan fingerprint density at radius 3 is 2.23 bits per heavy atom. The lowest BCUT2D eigenvalue weighted by Crippen LogP contribution is -2.47. The van der Waals surface area contributed by atoms with Crippen molar-refractivity contribution in [1.29, 1.82) is 0 Å². The van der Waals surface area contributed by atoms with Crippen LogP contribution >= 0.6 is 0 Å². The molecule has 0 saturated carbocycles. The van der Waals surface area contributed by atoms with Gasteiger partial charge in [0.05, 0.1) is 19.2 Å². The molecule has 166 valence electrons. The summed E-state index contributed by atoms with van der Waals surface area (Å²) in [6.07, 6.45) is 4.51. The van der Waals surface area contributed by atoms with Gasteiger partial charge in [0.1, 0.15) is 11.5 Å². The molecule has 0 spiro atoms.